The van der Waals surface area contributed by atoms with Gasteiger partial charge in [-0.1, -0.05) is 18.2 Å². The topological polar surface area (TPSA) is 35.5 Å². The zero-order chi connectivity index (χ0) is 13.0. The summed E-state index contributed by atoms with van der Waals surface area (Å²) in [7, 11) is 4.17. The molecule has 18 heavy (non-hydrogen) atoms. The average molecular weight is 248 g/mol. The summed E-state index contributed by atoms with van der Waals surface area (Å²) in [6.07, 6.45) is 2.44. The summed E-state index contributed by atoms with van der Waals surface area (Å²) in [6, 6.07) is 7.78. The van der Waals surface area contributed by atoms with Crippen LogP contribution in [0.1, 0.15) is 24.3 Å². The fourth-order valence-corrected chi connectivity index (χ4v) is 2.98. The molecule has 0 spiro atoms. The summed E-state index contributed by atoms with van der Waals surface area (Å²) in [5.41, 5.74) is 1.10. The van der Waals surface area contributed by atoms with E-state index in [0.717, 1.165) is 12.1 Å². The Labute approximate surface area is 110 Å². The van der Waals surface area contributed by atoms with Gasteiger partial charge in [0.05, 0.1) is 0 Å². The maximum absolute atomic E-state index is 10.1. The number of rotatable bonds is 4. The molecule has 1 atom stereocenters. The van der Waals surface area contributed by atoms with Crippen LogP contribution in [0.2, 0.25) is 0 Å². The number of phenols is 1. The smallest absolute Gasteiger partial charge is 0.119 e. The molecule has 1 unspecified atom stereocenters. The van der Waals surface area contributed by atoms with Gasteiger partial charge in [0, 0.05) is 12.5 Å². The lowest BCUT2D eigenvalue weighted by molar-refractivity contribution is 0.195. The summed E-state index contributed by atoms with van der Waals surface area (Å²) in [5, 5.41) is 13.3. The molecule has 0 aliphatic carbocycles. The number of likely N-dealkylation sites (tertiary alicyclic amines) is 1. The molecule has 0 bridgehead atoms. The van der Waals surface area contributed by atoms with Gasteiger partial charge in [-0.2, -0.15) is 0 Å². The van der Waals surface area contributed by atoms with Crippen molar-refractivity contribution < 1.29 is 5.11 Å². The van der Waals surface area contributed by atoms with E-state index in [1.807, 2.05) is 19.2 Å². The summed E-state index contributed by atoms with van der Waals surface area (Å²) in [6.45, 7) is 3.27. The first kappa shape index (κ1) is 13.4. The number of para-hydroxylation sites is 1. The Bertz CT molecular complexity index is 373. The van der Waals surface area contributed by atoms with E-state index in [1.54, 1.807) is 6.07 Å². The van der Waals surface area contributed by atoms with Crippen molar-refractivity contribution in [3.8, 4) is 5.75 Å². The lowest BCUT2D eigenvalue weighted by atomic mass is 9.79. The van der Waals surface area contributed by atoms with E-state index in [1.165, 1.54) is 25.9 Å². The van der Waals surface area contributed by atoms with Crippen molar-refractivity contribution in [1.82, 2.24) is 10.2 Å². The molecular weight excluding hydrogens is 224 g/mol. The van der Waals surface area contributed by atoms with Gasteiger partial charge in [0.25, 0.3) is 0 Å². The van der Waals surface area contributed by atoms with Crippen molar-refractivity contribution in [3.63, 3.8) is 0 Å². The van der Waals surface area contributed by atoms with Crippen LogP contribution in [0, 0.1) is 5.92 Å². The van der Waals surface area contributed by atoms with Crippen LogP contribution >= 0.6 is 0 Å². The quantitative estimate of drug-likeness (QED) is 0.856. The predicted octanol–water partition coefficient (Wildman–Crippen LogP) is 2.04. The molecule has 1 aromatic rings. The second-order valence-electron chi connectivity index (χ2n) is 5.36. The van der Waals surface area contributed by atoms with Crippen molar-refractivity contribution >= 4 is 0 Å². The maximum atomic E-state index is 10.1. The first-order valence-corrected chi connectivity index (χ1v) is 6.83. The molecule has 3 heteroatoms. The van der Waals surface area contributed by atoms with Crippen molar-refractivity contribution in [1.29, 1.82) is 0 Å². The predicted molar refractivity (Wildman–Crippen MR) is 75.0 cm³/mol. The Morgan fingerprint density at radius 2 is 2.00 bits per heavy atom. The van der Waals surface area contributed by atoms with Crippen LogP contribution in [0.15, 0.2) is 24.3 Å². The molecule has 1 fully saturated rings. The summed E-state index contributed by atoms with van der Waals surface area (Å²) in [5.74, 6) is 1.53. The van der Waals surface area contributed by atoms with Gasteiger partial charge in [-0.25, -0.2) is 0 Å². The molecule has 1 aromatic carbocycles. The van der Waals surface area contributed by atoms with Crippen molar-refractivity contribution in [2.24, 2.45) is 5.92 Å². The Balaban J connectivity index is 2.15. The minimum Gasteiger partial charge on any atom is -0.508 e. The van der Waals surface area contributed by atoms with E-state index in [2.05, 4.69) is 23.3 Å². The van der Waals surface area contributed by atoms with Crippen molar-refractivity contribution in [2.45, 2.75) is 18.8 Å². The standard InChI is InChI=1S/C15H24N2O/c1-16-11-14(12-7-9-17(2)10-8-12)13-5-3-4-6-15(13)18/h3-6,12,14,16,18H,7-11H2,1-2H3. The number of piperidine rings is 1. The normalized spacial score (nSPS) is 19.9. The number of likely N-dealkylation sites (N-methyl/N-ethyl adjacent to an activating group) is 1. The van der Waals surface area contributed by atoms with Crippen LogP contribution in [0.5, 0.6) is 5.75 Å². The van der Waals surface area contributed by atoms with Gasteiger partial charge in [0.15, 0.2) is 0 Å². The molecule has 0 saturated carbocycles. The molecule has 2 N–H and O–H groups in total. The van der Waals surface area contributed by atoms with Gasteiger partial charge >= 0.3 is 0 Å². The first-order valence-electron chi connectivity index (χ1n) is 6.83. The van der Waals surface area contributed by atoms with Gasteiger partial charge in [-0.05, 0) is 57.6 Å². The van der Waals surface area contributed by atoms with Gasteiger partial charge < -0.3 is 15.3 Å². The van der Waals surface area contributed by atoms with Crippen LogP contribution in [0.25, 0.3) is 0 Å². The first-order chi connectivity index (χ1) is 8.72. The highest BCUT2D eigenvalue weighted by molar-refractivity contribution is 5.35. The number of hydrogen-bond acceptors (Lipinski definition) is 3. The molecular formula is C15H24N2O. The largest absolute Gasteiger partial charge is 0.508 e. The van der Waals surface area contributed by atoms with Crippen LogP contribution in [-0.4, -0.2) is 43.7 Å². The van der Waals surface area contributed by atoms with Crippen LogP contribution in [0.3, 0.4) is 0 Å². The fourth-order valence-electron chi connectivity index (χ4n) is 2.98. The number of nitrogens with zero attached hydrogens (tertiary/aromatic N) is 1. The maximum Gasteiger partial charge on any atom is 0.119 e. The average Bonchev–Trinajstić information content (AvgIpc) is 2.38. The molecule has 1 aliphatic heterocycles. The minimum atomic E-state index is 0.421. The molecule has 1 heterocycles. The Morgan fingerprint density at radius 1 is 1.33 bits per heavy atom. The Morgan fingerprint density at radius 3 is 2.61 bits per heavy atom. The van der Waals surface area contributed by atoms with Crippen LogP contribution in [-0.2, 0) is 0 Å². The summed E-state index contributed by atoms with van der Waals surface area (Å²) >= 11 is 0. The Hall–Kier alpha value is -1.06. The van der Waals surface area contributed by atoms with E-state index in [0.29, 0.717) is 17.6 Å². The van der Waals surface area contributed by atoms with Gasteiger partial charge in [0.2, 0.25) is 0 Å². The third kappa shape index (κ3) is 3.03. The summed E-state index contributed by atoms with van der Waals surface area (Å²) < 4.78 is 0. The van der Waals surface area contributed by atoms with E-state index >= 15 is 0 Å². The SMILES string of the molecule is CNCC(c1ccccc1O)C1CCN(C)CC1. The van der Waals surface area contributed by atoms with Crippen LogP contribution in [0.4, 0.5) is 0 Å². The zero-order valence-electron chi connectivity index (χ0n) is 11.4. The third-order valence-corrected chi connectivity index (χ3v) is 4.09. The molecule has 0 aromatic heterocycles. The monoisotopic (exact) mass is 248 g/mol. The van der Waals surface area contributed by atoms with E-state index < -0.39 is 0 Å². The number of phenolic OH excluding ortho intramolecular Hbond substituents is 1. The molecule has 0 amide bonds. The van der Waals surface area contributed by atoms with E-state index in [4.69, 9.17) is 0 Å². The number of nitrogens with one attached hydrogen (secondary N) is 1. The van der Waals surface area contributed by atoms with Crippen molar-refractivity contribution in [3.05, 3.63) is 29.8 Å². The minimum absolute atomic E-state index is 0.421. The number of benzene rings is 1. The van der Waals surface area contributed by atoms with Gasteiger partial charge in [-0.3, -0.25) is 0 Å². The lowest BCUT2D eigenvalue weighted by Crippen LogP contribution is -2.35. The third-order valence-electron chi connectivity index (χ3n) is 4.09. The molecule has 1 saturated heterocycles. The lowest BCUT2D eigenvalue weighted by Gasteiger charge is -2.34. The highest BCUT2D eigenvalue weighted by Gasteiger charge is 2.27. The molecule has 100 valence electrons. The van der Waals surface area contributed by atoms with Crippen LogP contribution < -0.4 is 5.32 Å². The second kappa shape index (κ2) is 6.21. The highest BCUT2D eigenvalue weighted by atomic mass is 16.3. The molecule has 2 rings (SSSR count). The van der Waals surface area contributed by atoms with Crippen molar-refractivity contribution in [2.75, 3.05) is 33.7 Å². The fraction of sp³-hybridized carbons (Fsp3) is 0.600. The molecule has 1 aliphatic rings. The number of hydrogen-bond donors (Lipinski definition) is 2. The molecule has 3 nitrogen and oxygen atoms in total. The highest BCUT2D eigenvalue weighted by Crippen LogP contribution is 2.35. The van der Waals surface area contributed by atoms with Gasteiger partial charge in [-0.15, -0.1) is 0 Å². The molecule has 0 radical (unpaired) electrons. The van der Waals surface area contributed by atoms with E-state index in [-0.39, 0.29) is 0 Å². The van der Waals surface area contributed by atoms with E-state index in [9.17, 15) is 5.11 Å². The number of aromatic hydroxyl groups is 1. The summed E-state index contributed by atoms with van der Waals surface area (Å²) in [4.78, 5) is 2.39. The Kier molecular flexibility index (Phi) is 4.61. The zero-order valence-corrected chi connectivity index (χ0v) is 11.4. The van der Waals surface area contributed by atoms with Gasteiger partial charge in [0.1, 0.15) is 5.75 Å². The second-order valence-corrected chi connectivity index (χ2v) is 5.36.